The summed E-state index contributed by atoms with van der Waals surface area (Å²) in [5.41, 5.74) is -0.367. The minimum absolute atomic E-state index is 0.134. The van der Waals surface area contributed by atoms with E-state index in [2.05, 4.69) is 5.32 Å². The highest BCUT2D eigenvalue weighted by Gasteiger charge is 2.30. The number of amides is 1. The Morgan fingerprint density at radius 3 is 2.42 bits per heavy atom. The Labute approximate surface area is 156 Å². The first-order valence-corrected chi connectivity index (χ1v) is 7.97. The Morgan fingerprint density at radius 1 is 1.04 bits per heavy atom. The van der Waals surface area contributed by atoms with Gasteiger partial charge in [0.15, 0.2) is 6.61 Å². The molecule has 0 atom stereocenters. The van der Waals surface area contributed by atoms with Crippen LogP contribution < -0.4 is 5.32 Å². The molecule has 2 aromatic carbocycles. The van der Waals surface area contributed by atoms with E-state index in [1.807, 2.05) is 0 Å². The lowest BCUT2D eigenvalue weighted by molar-refractivity contribution is -0.146. The molecule has 0 aliphatic heterocycles. The molecule has 2 rings (SSSR count). The molecule has 0 aliphatic rings. The predicted molar refractivity (Wildman–Crippen MR) is 91.2 cm³/mol. The molecule has 1 N–H and O–H groups in total. The van der Waals surface area contributed by atoms with Gasteiger partial charge in [0.2, 0.25) is 0 Å². The molecule has 0 unspecified atom stereocenters. The molecule has 1 amide bonds. The molecule has 2 aromatic rings. The van der Waals surface area contributed by atoms with E-state index >= 15 is 0 Å². The number of hydrogen-bond acceptors (Lipinski definition) is 3. The summed E-state index contributed by atoms with van der Waals surface area (Å²) in [6, 6.07) is 8.74. The molecule has 138 valence electrons. The first kappa shape index (κ1) is 20.1. The van der Waals surface area contributed by atoms with E-state index < -0.39 is 30.2 Å². The molecule has 0 radical (unpaired) electrons. The normalized spacial score (nSPS) is 11.1. The minimum Gasteiger partial charge on any atom is -0.455 e. The summed E-state index contributed by atoms with van der Waals surface area (Å²) in [5, 5.41) is 3.01. The van der Waals surface area contributed by atoms with Crippen molar-refractivity contribution in [1.82, 2.24) is 0 Å². The van der Waals surface area contributed by atoms with E-state index in [-0.39, 0.29) is 17.0 Å². The van der Waals surface area contributed by atoms with Crippen molar-refractivity contribution in [1.29, 1.82) is 0 Å². The lowest BCUT2D eigenvalue weighted by Gasteiger charge is -2.09. The lowest BCUT2D eigenvalue weighted by atomic mass is 10.1. The number of hydrogen-bond donors (Lipinski definition) is 1. The van der Waals surface area contributed by atoms with Crippen molar-refractivity contribution in [3.63, 3.8) is 0 Å². The highest BCUT2D eigenvalue weighted by molar-refractivity contribution is 6.42. The van der Waals surface area contributed by atoms with Crippen LogP contribution in [0.15, 0.2) is 42.5 Å². The van der Waals surface area contributed by atoms with Gasteiger partial charge in [-0.2, -0.15) is 13.2 Å². The largest absolute Gasteiger partial charge is 0.455 e. The van der Waals surface area contributed by atoms with Gasteiger partial charge in [0.05, 0.1) is 22.0 Å². The Hall–Kier alpha value is -2.25. The molecule has 0 saturated heterocycles. The highest BCUT2D eigenvalue weighted by Crippen LogP contribution is 2.29. The average Bonchev–Trinajstić information content (AvgIpc) is 2.56. The number of ether oxygens (including phenoxy) is 1. The Morgan fingerprint density at radius 2 is 1.77 bits per heavy atom. The van der Waals surface area contributed by atoms with Crippen molar-refractivity contribution >= 4 is 40.8 Å². The topological polar surface area (TPSA) is 55.4 Å². The number of rotatable bonds is 5. The van der Waals surface area contributed by atoms with E-state index in [0.29, 0.717) is 10.7 Å². The molecule has 0 spiro atoms. The van der Waals surface area contributed by atoms with Gasteiger partial charge >= 0.3 is 12.1 Å². The van der Waals surface area contributed by atoms with E-state index in [9.17, 15) is 22.8 Å². The maximum Gasteiger partial charge on any atom is 0.416 e. The Bertz CT molecular complexity index is 825. The van der Waals surface area contributed by atoms with Gasteiger partial charge in [-0.1, -0.05) is 41.4 Å². The zero-order valence-corrected chi connectivity index (χ0v) is 14.6. The van der Waals surface area contributed by atoms with Crippen LogP contribution >= 0.6 is 23.2 Å². The van der Waals surface area contributed by atoms with Crippen LogP contribution in [0.1, 0.15) is 11.1 Å². The van der Waals surface area contributed by atoms with Crippen LogP contribution in [0.4, 0.5) is 18.9 Å². The van der Waals surface area contributed by atoms with Gasteiger partial charge in [-0.25, -0.2) is 0 Å². The van der Waals surface area contributed by atoms with Crippen molar-refractivity contribution in [2.45, 2.75) is 12.6 Å². The van der Waals surface area contributed by atoms with Crippen molar-refractivity contribution < 1.29 is 27.5 Å². The van der Waals surface area contributed by atoms with Crippen LogP contribution in [0.25, 0.3) is 0 Å². The quantitative estimate of drug-likeness (QED) is 0.731. The summed E-state index contributed by atoms with van der Waals surface area (Å²) in [5.74, 6) is -1.45. The lowest BCUT2D eigenvalue weighted by Crippen LogP contribution is -2.21. The second-order valence-electron chi connectivity index (χ2n) is 5.21. The van der Waals surface area contributed by atoms with Crippen molar-refractivity contribution in [3.05, 3.63) is 63.6 Å². The summed E-state index contributed by atoms with van der Waals surface area (Å²) in [4.78, 5) is 23.4. The molecule has 0 heterocycles. The van der Waals surface area contributed by atoms with Gasteiger partial charge in [0.1, 0.15) is 0 Å². The smallest absolute Gasteiger partial charge is 0.416 e. The number of benzene rings is 2. The summed E-state index contributed by atoms with van der Waals surface area (Å²) in [6.07, 6.45) is -4.89. The molecule has 0 saturated carbocycles. The van der Waals surface area contributed by atoms with Gasteiger partial charge in [0, 0.05) is 5.69 Å². The second kappa shape index (κ2) is 8.42. The van der Waals surface area contributed by atoms with Crippen molar-refractivity contribution in [2.24, 2.45) is 0 Å². The third kappa shape index (κ3) is 5.93. The number of alkyl halides is 3. The Kier molecular flexibility index (Phi) is 6.50. The Balaban J connectivity index is 1.86. The van der Waals surface area contributed by atoms with Gasteiger partial charge in [0.25, 0.3) is 5.91 Å². The molecule has 9 heteroatoms. The zero-order chi connectivity index (χ0) is 19.3. The molecule has 0 fully saturated rings. The first-order chi connectivity index (χ1) is 12.1. The second-order valence-corrected chi connectivity index (χ2v) is 6.03. The standard InChI is InChI=1S/C17H12Cl2F3NO3/c18-13-5-4-12(8-14(13)19)23-15(24)9-26-16(25)7-10-2-1-3-11(6-10)17(20,21)22/h1-6,8H,7,9H2,(H,23,24). The van der Waals surface area contributed by atoms with Gasteiger partial charge in [-0.3, -0.25) is 9.59 Å². The summed E-state index contributed by atoms with van der Waals surface area (Å²) in [6.45, 7) is -0.585. The van der Waals surface area contributed by atoms with E-state index in [1.165, 1.54) is 30.3 Å². The van der Waals surface area contributed by atoms with Crippen LogP contribution in [0, 0.1) is 0 Å². The molecule has 0 bridgehead atoms. The maximum absolute atomic E-state index is 12.6. The van der Waals surface area contributed by atoms with Crippen LogP contribution in [-0.4, -0.2) is 18.5 Å². The molecular formula is C17H12Cl2F3NO3. The maximum atomic E-state index is 12.6. The third-order valence-corrected chi connectivity index (χ3v) is 3.91. The summed E-state index contributed by atoms with van der Waals surface area (Å²) in [7, 11) is 0. The number of carbonyl (C=O) groups excluding carboxylic acids is 2. The molecule has 0 aliphatic carbocycles. The fourth-order valence-corrected chi connectivity index (χ4v) is 2.29. The van der Waals surface area contributed by atoms with Crippen LogP contribution in [0.5, 0.6) is 0 Å². The van der Waals surface area contributed by atoms with Crippen LogP contribution in [0.3, 0.4) is 0 Å². The van der Waals surface area contributed by atoms with Crippen molar-refractivity contribution in [3.8, 4) is 0 Å². The van der Waals surface area contributed by atoms with E-state index in [4.69, 9.17) is 27.9 Å². The van der Waals surface area contributed by atoms with Crippen molar-refractivity contribution in [2.75, 3.05) is 11.9 Å². The van der Waals surface area contributed by atoms with Crippen LogP contribution in [-0.2, 0) is 26.9 Å². The SMILES string of the molecule is O=C(COC(=O)Cc1cccc(C(F)(F)F)c1)Nc1ccc(Cl)c(Cl)c1. The highest BCUT2D eigenvalue weighted by atomic mass is 35.5. The fourth-order valence-electron chi connectivity index (χ4n) is 1.99. The number of carbonyl (C=O) groups is 2. The number of anilines is 1. The zero-order valence-electron chi connectivity index (χ0n) is 13.1. The third-order valence-electron chi connectivity index (χ3n) is 3.17. The van der Waals surface area contributed by atoms with E-state index in [0.717, 1.165) is 12.1 Å². The number of halogens is 5. The predicted octanol–water partition coefficient (Wildman–Crippen LogP) is 4.74. The molecule has 0 aromatic heterocycles. The summed E-state index contributed by atoms with van der Waals surface area (Å²) < 4.78 is 42.7. The van der Waals surface area contributed by atoms with Crippen LogP contribution in [0.2, 0.25) is 10.0 Å². The fraction of sp³-hybridized carbons (Fsp3) is 0.176. The summed E-state index contributed by atoms with van der Waals surface area (Å²) >= 11 is 11.6. The molecule has 4 nitrogen and oxygen atoms in total. The number of esters is 1. The van der Waals surface area contributed by atoms with Gasteiger partial charge < -0.3 is 10.1 Å². The average molecular weight is 406 g/mol. The van der Waals surface area contributed by atoms with Gasteiger partial charge in [-0.05, 0) is 29.8 Å². The first-order valence-electron chi connectivity index (χ1n) is 7.22. The molecule has 26 heavy (non-hydrogen) atoms. The molecular weight excluding hydrogens is 394 g/mol. The van der Waals surface area contributed by atoms with E-state index in [1.54, 1.807) is 0 Å². The van der Waals surface area contributed by atoms with Gasteiger partial charge in [-0.15, -0.1) is 0 Å². The number of nitrogens with one attached hydrogen (secondary N) is 1. The monoisotopic (exact) mass is 405 g/mol. The minimum atomic E-state index is -4.50.